The van der Waals surface area contributed by atoms with Crippen LogP contribution in [-0.4, -0.2) is 63.0 Å². The van der Waals surface area contributed by atoms with E-state index in [0.29, 0.717) is 24.6 Å². The van der Waals surface area contributed by atoms with Gasteiger partial charge in [0.25, 0.3) is 5.91 Å². The molecule has 196 valence electrons. The van der Waals surface area contributed by atoms with E-state index in [1.165, 1.54) is 12.1 Å². The SMILES string of the molecule is C=CNC1=NC=C/C1=C(/C)c1cnn(C2(CC#N)CN(C3CCN(C(=O)c4cccc(F)c4)C(C)C3)C2)c1. The molecule has 1 aromatic heterocycles. The van der Waals surface area contributed by atoms with E-state index in [0.717, 1.165) is 48.5 Å². The van der Waals surface area contributed by atoms with Crippen molar-refractivity contribution in [3.8, 4) is 6.07 Å². The van der Waals surface area contributed by atoms with E-state index in [1.54, 1.807) is 24.5 Å². The molecule has 0 radical (unpaired) electrons. The van der Waals surface area contributed by atoms with Crippen LogP contribution in [-0.2, 0) is 5.54 Å². The average molecular weight is 514 g/mol. The number of nitriles is 1. The van der Waals surface area contributed by atoms with Crippen molar-refractivity contribution < 1.29 is 9.18 Å². The van der Waals surface area contributed by atoms with Gasteiger partial charge in [-0.05, 0) is 62.7 Å². The van der Waals surface area contributed by atoms with Crippen molar-refractivity contribution in [3.05, 3.63) is 84.2 Å². The highest BCUT2D eigenvalue weighted by atomic mass is 19.1. The molecule has 2 atom stereocenters. The number of aromatic nitrogens is 2. The van der Waals surface area contributed by atoms with Gasteiger partial charge in [0.1, 0.15) is 17.2 Å². The van der Waals surface area contributed by atoms with Crippen LogP contribution in [0.25, 0.3) is 5.57 Å². The lowest BCUT2D eigenvalue weighted by atomic mass is 9.83. The molecule has 2 saturated heterocycles. The Balaban J connectivity index is 1.26. The lowest BCUT2D eigenvalue weighted by molar-refractivity contribution is -0.0480. The second-order valence-electron chi connectivity index (χ2n) is 10.4. The van der Waals surface area contributed by atoms with E-state index in [9.17, 15) is 14.4 Å². The first kappa shape index (κ1) is 25.6. The minimum Gasteiger partial charge on any atom is -0.347 e. The predicted octanol–water partition coefficient (Wildman–Crippen LogP) is 4.07. The lowest BCUT2D eigenvalue weighted by Crippen LogP contribution is -2.67. The number of amides is 1. The van der Waals surface area contributed by atoms with Crippen molar-refractivity contribution in [1.29, 1.82) is 5.26 Å². The molecule has 0 spiro atoms. The molecule has 9 heteroatoms. The Morgan fingerprint density at radius 3 is 2.89 bits per heavy atom. The number of hydrogen-bond donors (Lipinski definition) is 1. The van der Waals surface area contributed by atoms with Gasteiger partial charge in [-0.3, -0.25) is 14.4 Å². The number of halogens is 1. The number of carbonyl (C=O) groups is 1. The van der Waals surface area contributed by atoms with E-state index >= 15 is 0 Å². The molecule has 1 N–H and O–H groups in total. The number of nitrogens with one attached hydrogen (secondary N) is 1. The molecule has 3 aliphatic rings. The number of benzene rings is 1. The van der Waals surface area contributed by atoms with Crippen LogP contribution >= 0.6 is 0 Å². The number of rotatable bonds is 6. The first-order valence-electron chi connectivity index (χ1n) is 12.9. The third-order valence-corrected chi connectivity index (χ3v) is 7.94. The number of amidine groups is 1. The normalized spacial score (nSPS) is 23.8. The van der Waals surface area contributed by atoms with Crippen LogP contribution in [0.1, 0.15) is 49.0 Å². The summed E-state index contributed by atoms with van der Waals surface area (Å²) in [6.07, 6.45) is 11.2. The maximum absolute atomic E-state index is 13.6. The molecule has 0 saturated carbocycles. The van der Waals surface area contributed by atoms with Gasteiger partial charge >= 0.3 is 0 Å². The molecular weight excluding hydrogens is 481 g/mol. The van der Waals surface area contributed by atoms with Gasteiger partial charge < -0.3 is 10.2 Å². The highest BCUT2D eigenvalue weighted by molar-refractivity contribution is 6.09. The van der Waals surface area contributed by atoms with E-state index < -0.39 is 5.82 Å². The van der Waals surface area contributed by atoms with Gasteiger partial charge in [-0.2, -0.15) is 10.4 Å². The van der Waals surface area contributed by atoms with Crippen molar-refractivity contribution in [1.82, 2.24) is 24.9 Å². The van der Waals surface area contributed by atoms with Crippen LogP contribution in [0.3, 0.4) is 0 Å². The molecule has 2 fully saturated rings. The van der Waals surface area contributed by atoms with Crippen molar-refractivity contribution in [2.24, 2.45) is 4.99 Å². The van der Waals surface area contributed by atoms with Gasteiger partial charge in [0, 0.05) is 60.8 Å². The maximum Gasteiger partial charge on any atom is 0.254 e. The number of carbonyl (C=O) groups excluding carboxylic acids is 1. The first-order valence-corrected chi connectivity index (χ1v) is 12.9. The average Bonchev–Trinajstić information content (AvgIpc) is 3.56. The molecule has 38 heavy (non-hydrogen) atoms. The summed E-state index contributed by atoms with van der Waals surface area (Å²) in [5.74, 6) is 0.228. The molecule has 3 aliphatic heterocycles. The Kier molecular flexibility index (Phi) is 7.00. The van der Waals surface area contributed by atoms with E-state index in [1.807, 2.05) is 35.0 Å². The molecule has 1 aromatic carbocycles. The van der Waals surface area contributed by atoms with E-state index in [4.69, 9.17) is 0 Å². The van der Waals surface area contributed by atoms with Crippen LogP contribution in [0, 0.1) is 17.1 Å². The van der Waals surface area contributed by atoms with Gasteiger partial charge in [0.2, 0.25) is 0 Å². The van der Waals surface area contributed by atoms with Crippen LogP contribution in [0.4, 0.5) is 4.39 Å². The minimum atomic E-state index is -0.400. The summed E-state index contributed by atoms with van der Waals surface area (Å²) in [5, 5.41) is 17.4. The summed E-state index contributed by atoms with van der Waals surface area (Å²) < 4.78 is 15.6. The summed E-state index contributed by atoms with van der Waals surface area (Å²) in [6, 6.07) is 8.62. The number of nitrogens with zero attached hydrogens (tertiary/aromatic N) is 6. The van der Waals surface area contributed by atoms with Gasteiger partial charge in [0.05, 0.1) is 18.7 Å². The largest absolute Gasteiger partial charge is 0.347 e. The van der Waals surface area contributed by atoms with Crippen molar-refractivity contribution >= 4 is 17.3 Å². The van der Waals surface area contributed by atoms with Crippen LogP contribution in [0.15, 0.2) is 72.3 Å². The summed E-state index contributed by atoms with van der Waals surface area (Å²) in [6.45, 7) is 9.90. The molecule has 8 nitrogen and oxygen atoms in total. The summed E-state index contributed by atoms with van der Waals surface area (Å²) in [7, 11) is 0. The van der Waals surface area contributed by atoms with Crippen LogP contribution < -0.4 is 5.32 Å². The molecule has 0 aliphatic carbocycles. The number of likely N-dealkylation sites (tertiary alicyclic amines) is 2. The molecular formula is C29H32FN7O. The zero-order valence-corrected chi connectivity index (χ0v) is 21.8. The van der Waals surface area contributed by atoms with Gasteiger partial charge in [0.15, 0.2) is 0 Å². The molecule has 2 aromatic rings. The zero-order valence-electron chi connectivity index (χ0n) is 21.8. The minimum absolute atomic E-state index is 0.0422. The highest BCUT2D eigenvalue weighted by Gasteiger charge is 2.49. The zero-order chi connectivity index (χ0) is 26.9. The van der Waals surface area contributed by atoms with Crippen molar-refractivity contribution in [3.63, 3.8) is 0 Å². The topological polar surface area (TPSA) is 89.5 Å². The van der Waals surface area contributed by atoms with Crippen molar-refractivity contribution in [2.45, 2.75) is 50.7 Å². The van der Waals surface area contributed by atoms with Crippen molar-refractivity contribution in [2.75, 3.05) is 19.6 Å². The van der Waals surface area contributed by atoms with Gasteiger partial charge in [-0.25, -0.2) is 9.38 Å². The summed E-state index contributed by atoms with van der Waals surface area (Å²) in [4.78, 5) is 21.6. The third-order valence-electron chi connectivity index (χ3n) is 7.94. The van der Waals surface area contributed by atoms with E-state index in [-0.39, 0.29) is 17.5 Å². The van der Waals surface area contributed by atoms with Gasteiger partial charge in [-0.15, -0.1) is 0 Å². The molecule has 5 rings (SSSR count). The smallest absolute Gasteiger partial charge is 0.254 e. The lowest BCUT2D eigenvalue weighted by Gasteiger charge is -2.54. The van der Waals surface area contributed by atoms with Crippen LogP contribution in [0.5, 0.6) is 0 Å². The monoisotopic (exact) mass is 513 g/mol. The maximum atomic E-state index is 13.6. The fourth-order valence-electron chi connectivity index (χ4n) is 5.80. The Bertz CT molecular complexity index is 1380. The Hall–Kier alpha value is -4.03. The molecule has 4 heterocycles. The number of piperidine rings is 1. The second kappa shape index (κ2) is 10.4. The summed E-state index contributed by atoms with van der Waals surface area (Å²) in [5.41, 5.74) is 3.03. The van der Waals surface area contributed by atoms with E-state index in [2.05, 4.69) is 39.9 Å². The fraction of sp³-hybridized carbons (Fsp3) is 0.379. The highest BCUT2D eigenvalue weighted by Crippen LogP contribution is 2.37. The Labute approximate surface area is 222 Å². The molecule has 0 bridgehead atoms. The molecule has 1 amide bonds. The first-order chi connectivity index (χ1) is 18.3. The number of hydrogen-bond acceptors (Lipinski definition) is 6. The predicted molar refractivity (Wildman–Crippen MR) is 144 cm³/mol. The van der Waals surface area contributed by atoms with Crippen LogP contribution in [0.2, 0.25) is 0 Å². The number of aliphatic imine (C=N–C) groups is 1. The van der Waals surface area contributed by atoms with Gasteiger partial charge in [-0.1, -0.05) is 12.6 Å². The number of allylic oxidation sites excluding steroid dienone is 1. The quantitative estimate of drug-likeness (QED) is 0.629. The second-order valence-corrected chi connectivity index (χ2v) is 10.4. The fourth-order valence-corrected chi connectivity index (χ4v) is 5.80. The standard InChI is InChI=1S/C29H32FN7O/c1-4-32-27-26(8-12-33-27)21(3)23-16-34-37(17-23)29(10-11-31)18-35(19-29)25-9-13-36(20(2)14-25)28(38)22-6-5-7-24(30)15-22/h4-8,12,15-17,20,25H,1,9-10,13-14,18-19H2,2-3H3,(H,32,33)/b26-21+. The third kappa shape index (κ3) is 4.68. The molecule has 2 unspecified atom stereocenters. The summed E-state index contributed by atoms with van der Waals surface area (Å²) >= 11 is 0. The Morgan fingerprint density at radius 2 is 2.18 bits per heavy atom. The Morgan fingerprint density at radius 1 is 1.37 bits per heavy atom.